The van der Waals surface area contributed by atoms with E-state index < -0.39 is 45.7 Å². The summed E-state index contributed by atoms with van der Waals surface area (Å²) < 4.78 is 9.83. The first-order chi connectivity index (χ1) is 17.1. The average Bonchev–Trinajstić information content (AvgIpc) is 2.87. The zero-order valence-corrected chi connectivity index (χ0v) is 19.3. The van der Waals surface area contributed by atoms with Gasteiger partial charge in [0.1, 0.15) is 11.5 Å². The molecule has 0 spiro atoms. The van der Waals surface area contributed by atoms with E-state index in [1.165, 1.54) is 6.92 Å². The predicted octanol–water partition coefficient (Wildman–Crippen LogP) is 2.50. The highest BCUT2D eigenvalue weighted by molar-refractivity contribution is 6.07. The fourth-order valence-corrected chi connectivity index (χ4v) is 3.99. The van der Waals surface area contributed by atoms with Gasteiger partial charge in [0, 0.05) is 6.07 Å². The van der Waals surface area contributed by atoms with E-state index in [0.29, 0.717) is 5.56 Å². The molecule has 12 nitrogen and oxygen atoms in total. The number of methoxy groups -OCH3 is 2. The van der Waals surface area contributed by atoms with Crippen LogP contribution in [-0.4, -0.2) is 42.2 Å². The smallest absolute Gasteiger partial charge is 0.355 e. The number of carboxylic acid groups (broad SMARTS) is 1. The molecular formula is C24H20N4O8. The van der Waals surface area contributed by atoms with Gasteiger partial charge in [0.2, 0.25) is 0 Å². The maximum atomic E-state index is 13.1. The number of allylic oxidation sites excluding steroid dienone is 1. The number of esters is 2. The molecule has 1 heterocycles. The van der Waals surface area contributed by atoms with E-state index in [2.05, 4.69) is 0 Å². The molecule has 0 aliphatic carbocycles. The number of carbonyl (C=O) groups excluding carboxylic acids is 2. The molecule has 3 N–H and O–H groups in total. The van der Waals surface area contributed by atoms with Crippen molar-refractivity contribution < 1.29 is 33.9 Å². The molecule has 0 saturated heterocycles. The summed E-state index contributed by atoms with van der Waals surface area (Å²) in [4.78, 5) is 49.7. The van der Waals surface area contributed by atoms with Crippen LogP contribution in [0.3, 0.4) is 0 Å². The Balaban J connectivity index is 2.53. The first-order valence-electron chi connectivity index (χ1n) is 10.3. The lowest BCUT2D eigenvalue weighted by Crippen LogP contribution is -2.41. The minimum Gasteiger partial charge on any atom is -0.478 e. The van der Waals surface area contributed by atoms with Gasteiger partial charge in [-0.05, 0) is 18.6 Å². The number of nitro groups is 1. The van der Waals surface area contributed by atoms with E-state index in [9.17, 15) is 34.9 Å². The summed E-state index contributed by atoms with van der Waals surface area (Å²) in [5.74, 6) is -5.04. The van der Waals surface area contributed by atoms with Crippen LogP contribution >= 0.6 is 0 Å². The molecule has 0 saturated carbocycles. The van der Waals surface area contributed by atoms with Crippen LogP contribution in [0, 0.1) is 28.4 Å². The summed E-state index contributed by atoms with van der Waals surface area (Å²) in [7, 11) is 2.12. The Morgan fingerprint density at radius 3 is 2.25 bits per heavy atom. The first-order valence-corrected chi connectivity index (χ1v) is 10.3. The molecule has 1 atom stereocenters. The summed E-state index contributed by atoms with van der Waals surface area (Å²) in [5, 5.41) is 31.3. The summed E-state index contributed by atoms with van der Waals surface area (Å²) in [5.41, 5.74) is 4.50. The lowest BCUT2D eigenvalue weighted by molar-refractivity contribution is -0.385. The number of nitrogens with zero attached hydrogens (tertiary/aromatic N) is 3. The van der Waals surface area contributed by atoms with Crippen molar-refractivity contribution >= 4 is 29.3 Å². The molecule has 0 fully saturated rings. The average molecular weight is 492 g/mol. The number of hydrogen-bond donors (Lipinski definition) is 2. The SMILES string of the molecule is COC(=O)C1=C(C(=O)OC)N(c2cc(C(=O)O)cc([N+](=O)[O-])c2C)C(N)=C(C#N)C1c1ccccc1. The Hall–Kier alpha value is -5.18. The highest BCUT2D eigenvalue weighted by atomic mass is 16.6. The van der Waals surface area contributed by atoms with Crippen molar-refractivity contribution in [1.82, 2.24) is 0 Å². The van der Waals surface area contributed by atoms with Crippen molar-refractivity contribution in [2.24, 2.45) is 5.73 Å². The third-order valence-electron chi connectivity index (χ3n) is 5.65. The number of anilines is 1. The third kappa shape index (κ3) is 4.21. The van der Waals surface area contributed by atoms with E-state index in [1.807, 2.05) is 6.07 Å². The molecule has 0 bridgehead atoms. The van der Waals surface area contributed by atoms with Gasteiger partial charge in [0.25, 0.3) is 5.69 Å². The number of nitro benzene ring substituents is 1. The van der Waals surface area contributed by atoms with E-state index >= 15 is 0 Å². The highest BCUT2D eigenvalue weighted by Crippen LogP contribution is 2.45. The second kappa shape index (κ2) is 9.98. The van der Waals surface area contributed by atoms with Gasteiger partial charge in [0.15, 0.2) is 0 Å². The Bertz CT molecular complexity index is 1390. The maximum Gasteiger partial charge on any atom is 0.355 e. The van der Waals surface area contributed by atoms with Crippen molar-refractivity contribution in [2.75, 3.05) is 19.1 Å². The Morgan fingerprint density at radius 1 is 1.14 bits per heavy atom. The van der Waals surface area contributed by atoms with Crippen LogP contribution in [0.25, 0.3) is 0 Å². The number of benzene rings is 2. The van der Waals surface area contributed by atoms with Gasteiger partial charge in [-0.25, -0.2) is 14.4 Å². The van der Waals surface area contributed by atoms with Gasteiger partial charge >= 0.3 is 17.9 Å². The van der Waals surface area contributed by atoms with Crippen LogP contribution in [0.1, 0.15) is 27.4 Å². The summed E-state index contributed by atoms with van der Waals surface area (Å²) in [6, 6.07) is 12.1. The number of rotatable bonds is 6. The van der Waals surface area contributed by atoms with E-state index in [0.717, 1.165) is 31.3 Å². The zero-order chi connectivity index (χ0) is 26.7. The van der Waals surface area contributed by atoms with Crippen molar-refractivity contribution in [3.63, 3.8) is 0 Å². The van der Waals surface area contributed by atoms with Crippen molar-refractivity contribution in [3.8, 4) is 6.07 Å². The Morgan fingerprint density at radius 2 is 1.75 bits per heavy atom. The van der Waals surface area contributed by atoms with Gasteiger partial charge in [-0.2, -0.15) is 5.26 Å². The van der Waals surface area contributed by atoms with Gasteiger partial charge in [-0.15, -0.1) is 0 Å². The van der Waals surface area contributed by atoms with Gasteiger partial charge in [-0.1, -0.05) is 30.3 Å². The second-order valence-corrected chi connectivity index (χ2v) is 7.54. The zero-order valence-electron chi connectivity index (χ0n) is 19.3. The van der Waals surface area contributed by atoms with Crippen LogP contribution in [0.15, 0.2) is 65.1 Å². The quantitative estimate of drug-likeness (QED) is 0.343. The summed E-state index contributed by atoms with van der Waals surface area (Å²) in [6.45, 7) is 1.31. The number of nitrogens with two attached hydrogens (primary N) is 1. The lowest BCUT2D eigenvalue weighted by atomic mass is 9.80. The monoisotopic (exact) mass is 492 g/mol. The van der Waals surface area contributed by atoms with Crippen LogP contribution in [0.2, 0.25) is 0 Å². The van der Waals surface area contributed by atoms with Crippen molar-refractivity contribution in [2.45, 2.75) is 12.8 Å². The number of hydrogen-bond acceptors (Lipinski definition) is 10. The molecule has 0 aromatic heterocycles. The number of nitriles is 1. The molecule has 1 aliphatic heterocycles. The molecule has 2 aromatic carbocycles. The van der Waals surface area contributed by atoms with Crippen LogP contribution in [0.4, 0.5) is 11.4 Å². The van der Waals surface area contributed by atoms with Crippen molar-refractivity contribution in [1.29, 1.82) is 5.26 Å². The predicted molar refractivity (Wildman–Crippen MR) is 124 cm³/mol. The topological polar surface area (TPSA) is 186 Å². The number of carboxylic acids is 1. The third-order valence-corrected chi connectivity index (χ3v) is 5.65. The minimum atomic E-state index is -1.49. The number of carbonyl (C=O) groups is 3. The highest BCUT2D eigenvalue weighted by Gasteiger charge is 2.44. The standard InChI is InChI=1S/C24H20N4O8/c1-12-16(9-14(22(29)30)10-17(12)28(33)34)27-20(24(32)36-3)19(23(31)35-2)18(15(11-25)21(27)26)13-7-5-4-6-8-13/h4-10,18H,26H2,1-3H3,(H,29,30). The lowest BCUT2D eigenvalue weighted by Gasteiger charge is -2.36. The number of aromatic carboxylic acids is 1. The second-order valence-electron chi connectivity index (χ2n) is 7.54. The summed E-state index contributed by atoms with van der Waals surface area (Å²) in [6.07, 6.45) is 0. The molecule has 0 radical (unpaired) electrons. The largest absolute Gasteiger partial charge is 0.478 e. The molecular weight excluding hydrogens is 472 g/mol. The molecule has 0 amide bonds. The van der Waals surface area contributed by atoms with Crippen LogP contribution < -0.4 is 10.6 Å². The van der Waals surface area contributed by atoms with Gasteiger partial charge in [-0.3, -0.25) is 15.0 Å². The Labute approximate surface area is 204 Å². The fraction of sp³-hybridized carbons (Fsp3) is 0.167. The van der Waals surface area contributed by atoms with E-state index in [1.54, 1.807) is 30.3 Å². The molecule has 36 heavy (non-hydrogen) atoms. The fourth-order valence-electron chi connectivity index (χ4n) is 3.99. The summed E-state index contributed by atoms with van der Waals surface area (Å²) >= 11 is 0. The maximum absolute atomic E-state index is 13.1. The van der Waals surface area contributed by atoms with Crippen LogP contribution in [-0.2, 0) is 19.1 Å². The molecule has 3 rings (SSSR count). The number of ether oxygens (including phenoxy) is 2. The van der Waals surface area contributed by atoms with Gasteiger partial charge < -0.3 is 20.3 Å². The Kier molecular flexibility index (Phi) is 7.05. The van der Waals surface area contributed by atoms with E-state index in [-0.39, 0.29) is 28.2 Å². The molecule has 2 aromatic rings. The van der Waals surface area contributed by atoms with Crippen LogP contribution in [0.5, 0.6) is 0 Å². The molecule has 1 unspecified atom stereocenters. The minimum absolute atomic E-state index is 0.0750. The molecule has 184 valence electrons. The molecule has 1 aliphatic rings. The van der Waals surface area contributed by atoms with Gasteiger partial charge in [0.05, 0.1) is 59.1 Å². The normalized spacial score (nSPS) is 15.3. The van der Waals surface area contributed by atoms with E-state index in [4.69, 9.17) is 15.2 Å². The molecule has 12 heteroatoms. The van der Waals surface area contributed by atoms with Crippen molar-refractivity contribution in [3.05, 3.63) is 91.9 Å². The first kappa shape index (κ1) is 25.4.